The van der Waals surface area contributed by atoms with E-state index in [4.69, 9.17) is 4.74 Å². The lowest BCUT2D eigenvalue weighted by Gasteiger charge is -2.32. The van der Waals surface area contributed by atoms with E-state index in [2.05, 4.69) is 24.0 Å². The first-order valence-electron chi connectivity index (χ1n) is 5.69. The zero-order chi connectivity index (χ0) is 10.7. The van der Waals surface area contributed by atoms with Crippen molar-refractivity contribution in [3.8, 4) is 5.75 Å². The fourth-order valence-corrected chi connectivity index (χ4v) is 2.14. The Labute approximate surface area is 98.0 Å². The maximum atomic E-state index is 5.38. The van der Waals surface area contributed by atoms with Crippen LogP contribution in [0.4, 0.5) is 5.69 Å². The van der Waals surface area contributed by atoms with Gasteiger partial charge in [0, 0.05) is 13.1 Å². The van der Waals surface area contributed by atoms with Crippen LogP contribution in [0.2, 0.25) is 0 Å². The molecule has 0 spiro atoms. The number of piperidine rings is 1. The molecule has 0 bridgehead atoms. The SMILES string of the molecule is COc1ccccc1N1CCC(C)CC1.N. The van der Waals surface area contributed by atoms with Gasteiger partial charge in [-0.3, -0.25) is 0 Å². The summed E-state index contributed by atoms with van der Waals surface area (Å²) in [5.41, 5.74) is 1.24. The zero-order valence-corrected chi connectivity index (χ0v) is 10.3. The molecule has 1 aromatic carbocycles. The van der Waals surface area contributed by atoms with E-state index in [-0.39, 0.29) is 6.15 Å². The van der Waals surface area contributed by atoms with Gasteiger partial charge in [-0.05, 0) is 30.9 Å². The molecule has 0 atom stereocenters. The van der Waals surface area contributed by atoms with Crippen LogP contribution in [0.25, 0.3) is 0 Å². The highest BCUT2D eigenvalue weighted by molar-refractivity contribution is 5.58. The van der Waals surface area contributed by atoms with Crippen LogP contribution in [0.3, 0.4) is 0 Å². The summed E-state index contributed by atoms with van der Waals surface area (Å²) >= 11 is 0. The van der Waals surface area contributed by atoms with Gasteiger partial charge in [0.15, 0.2) is 0 Å². The summed E-state index contributed by atoms with van der Waals surface area (Å²) in [5.74, 6) is 1.86. The maximum Gasteiger partial charge on any atom is 0.142 e. The van der Waals surface area contributed by atoms with E-state index in [9.17, 15) is 0 Å². The standard InChI is InChI=1S/C13H19NO.H3N/c1-11-7-9-14(10-8-11)12-5-3-4-6-13(12)15-2;/h3-6,11H,7-10H2,1-2H3;1H3. The van der Waals surface area contributed by atoms with Crippen LogP contribution >= 0.6 is 0 Å². The first kappa shape index (κ1) is 12.8. The average molecular weight is 222 g/mol. The second-order valence-electron chi connectivity index (χ2n) is 4.34. The molecule has 1 saturated heterocycles. The highest BCUT2D eigenvalue weighted by Gasteiger charge is 2.18. The van der Waals surface area contributed by atoms with Gasteiger partial charge in [-0.1, -0.05) is 19.1 Å². The Kier molecular flexibility index (Phi) is 4.62. The van der Waals surface area contributed by atoms with Crippen molar-refractivity contribution < 1.29 is 4.74 Å². The predicted octanol–water partition coefficient (Wildman–Crippen LogP) is 3.09. The summed E-state index contributed by atoms with van der Waals surface area (Å²) in [6.45, 7) is 4.64. The average Bonchev–Trinajstić information content (AvgIpc) is 2.30. The molecule has 1 fully saturated rings. The number of benzene rings is 1. The van der Waals surface area contributed by atoms with Gasteiger partial charge in [-0.2, -0.15) is 0 Å². The van der Waals surface area contributed by atoms with E-state index < -0.39 is 0 Å². The van der Waals surface area contributed by atoms with E-state index in [1.807, 2.05) is 12.1 Å². The maximum absolute atomic E-state index is 5.38. The third-order valence-corrected chi connectivity index (χ3v) is 3.21. The smallest absolute Gasteiger partial charge is 0.142 e. The molecule has 1 aliphatic heterocycles. The highest BCUT2D eigenvalue weighted by atomic mass is 16.5. The van der Waals surface area contributed by atoms with Gasteiger partial charge in [-0.15, -0.1) is 0 Å². The molecular weight excluding hydrogens is 200 g/mol. The van der Waals surface area contributed by atoms with Crippen LogP contribution < -0.4 is 15.8 Å². The first-order valence-corrected chi connectivity index (χ1v) is 5.69. The lowest BCUT2D eigenvalue weighted by atomic mass is 9.99. The minimum absolute atomic E-state index is 0. The Morgan fingerprint density at radius 3 is 2.44 bits per heavy atom. The number of rotatable bonds is 2. The molecule has 0 amide bonds. The minimum atomic E-state index is 0. The van der Waals surface area contributed by atoms with Crippen molar-refractivity contribution in [2.24, 2.45) is 5.92 Å². The minimum Gasteiger partial charge on any atom is -0.495 e. The topological polar surface area (TPSA) is 47.5 Å². The van der Waals surface area contributed by atoms with Gasteiger partial charge in [0.05, 0.1) is 12.8 Å². The van der Waals surface area contributed by atoms with Gasteiger partial charge in [-0.25, -0.2) is 0 Å². The Bertz CT molecular complexity index is 319. The molecule has 90 valence electrons. The Hall–Kier alpha value is -1.22. The second kappa shape index (κ2) is 5.75. The van der Waals surface area contributed by atoms with Gasteiger partial charge in [0.25, 0.3) is 0 Å². The number of anilines is 1. The summed E-state index contributed by atoms with van der Waals surface area (Å²) in [7, 11) is 1.74. The van der Waals surface area contributed by atoms with E-state index in [0.29, 0.717) is 0 Å². The molecule has 3 N–H and O–H groups in total. The number of hydrogen-bond donors (Lipinski definition) is 1. The highest BCUT2D eigenvalue weighted by Crippen LogP contribution is 2.30. The molecule has 0 aliphatic carbocycles. The summed E-state index contributed by atoms with van der Waals surface area (Å²) in [4.78, 5) is 2.43. The van der Waals surface area contributed by atoms with E-state index in [1.54, 1.807) is 7.11 Å². The van der Waals surface area contributed by atoms with Crippen molar-refractivity contribution in [2.45, 2.75) is 19.8 Å². The third kappa shape index (κ3) is 2.67. The van der Waals surface area contributed by atoms with Gasteiger partial charge in [0.2, 0.25) is 0 Å². The Morgan fingerprint density at radius 1 is 1.19 bits per heavy atom. The normalized spacial score (nSPS) is 16.8. The third-order valence-electron chi connectivity index (χ3n) is 3.21. The summed E-state index contributed by atoms with van der Waals surface area (Å²) in [6.07, 6.45) is 2.58. The van der Waals surface area contributed by atoms with E-state index >= 15 is 0 Å². The van der Waals surface area contributed by atoms with Crippen LogP contribution in [0.1, 0.15) is 19.8 Å². The number of methoxy groups -OCH3 is 1. The molecule has 0 aromatic heterocycles. The van der Waals surface area contributed by atoms with Crippen molar-refractivity contribution in [1.29, 1.82) is 0 Å². The number of hydrogen-bond acceptors (Lipinski definition) is 3. The van der Waals surface area contributed by atoms with Crippen LogP contribution in [0.5, 0.6) is 5.75 Å². The number of ether oxygens (including phenoxy) is 1. The van der Waals surface area contributed by atoms with Crippen molar-refractivity contribution >= 4 is 5.69 Å². The quantitative estimate of drug-likeness (QED) is 0.836. The fourth-order valence-electron chi connectivity index (χ4n) is 2.14. The van der Waals surface area contributed by atoms with Crippen LogP contribution in [-0.4, -0.2) is 20.2 Å². The van der Waals surface area contributed by atoms with Crippen LogP contribution in [0.15, 0.2) is 24.3 Å². The number of nitrogens with zero attached hydrogens (tertiary/aromatic N) is 1. The summed E-state index contributed by atoms with van der Waals surface area (Å²) < 4.78 is 5.38. The van der Waals surface area contributed by atoms with Crippen molar-refractivity contribution in [3.05, 3.63) is 24.3 Å². The molecule has 3 nitrogen and oxygen atoms in total. The summed E-state index contributed by atoms with van der Waals surface area (Å²) in [6, 6.07) is 8.28. The van der Waals surface area contributed by atoms with Gasteiger partial charge >= 0.3 is 0 Å². The molecule has 16 heavy (non-hydrogen) atoms. The molecule has 0 radical (unpaired) electrons. The molecule has 2 rings (SSSR count). The van der Waals surface area contributed by atoms with Gasteiger partial charge < -0.3 is 15.8 Å². The molecule has 0 saturated carbocycles. The summed E-state index contributed by atoms with van der Waals surface area (Å²) in [5, 5.41) is 0. The van der Waals surface area contributed by atoms with Crippen molar-refractivity contribution in [3.63, 3.8) is 0 Å². The Balaban J connectivity index is 0.00000128. The Morgan fingerprint density at radius 2 is 1.81 bits per heavy atom. The lowest BCUT2D eigenvalue weighted by molar-refractivity contribution is 0.404. The van der Waals surface area contributed by atoms with Crippen LogP contribution in [0, 0.1) is 5.92 Å². The zero-order valence-electron chi connectivity index (χ0n) is 10.3. The monoisotopic (exact) mass is 222 g/mol. The van der Waals surface area contributed by atoms with Crippen molar-refractivity contribution in [2.75, 3.05) is 25.1 Å². The van der Waals surface area contributed by atoms with E-state index in [0.717, 1.165) is 24.8 Å². The van der Waals surface area contributed by atoms with Gasteiger partial charge in [0.1, 0.15) is 5.75 Å². The molecular formula is C13H22N2O. The largest absolute Gasteiger partial charge is 0.495 e. The molecule has 1 aromatic rings. The molecule has 3 heteroatoms. The van der Waals surface area contributed by atoms with Crippen molar-refractivity contribution in [1.82, 2.24) is 6.15 Å². The van der Waals surface area contributed by atoms with Crippen LogP contribution in [-0.2, 0) is 0 Å². The second-order valence-corrected chi connectivity index (χ2v) is 4.34. The first-order chi connectivity index (χ1) is 7.31. The molecule has 1 aliphatic rings. The lowest BCUT2D eigenvalue weighted by Crippen LogP contribution is -2.32. The molecule has 0 unspecified atom stereocenters. The molecule has 1 heterocycles. The predicted molar refractivity (Wildman–Crippen MR) is 68.6 cm³/mol. The fraction of sp³-hybridized carbons (Fsp3) is 0.538. The van der Waals surface area contributed by atoms with E-state index in [1.165, 1.54) is 18.5 Å². The number of para-hydroxylation sites is 2.